The Kier molecular flexibility index (Phi) is 8.45. The molecule has 2 aromatic heterocycles. The van der Waals surface area contributed by atoms with Crippen molar-refractivity contribution in [2.24, 2.45) is 0 Å². The monoisotopic (exact) mass is 479 g/mol. The predicted octanol–water partition coefficient (Wildman–Crippen LogP) is 4.04. The lowest BCUT2D eigenvalue weighted by molar-refractivity contribution is -0.121. The third-order valence-corrected chi connectivity index (χ3v) is 6.36. The summed E-state index contributed by atoms with van der Waals surface area (Å²) in [6.07, 6.45) is 7.77. The van der Waals surface area contributed by atoms with Crippen LogP contribution in [0.25, 0.3) is 0 Å². The first-order valence-corrected chi connectivity index (χ1v) is 12.5. The molecule has 2 N–H and O–H groups in total. The van der Waals surface area contributed by atoms with E-state index in [-0.39, 0.29) is 18.4 Å². The third kappa shape index (κ3) is 6.54. The van der Waals surface area contributed by atoms with Crippen LogP contribution in [0.5, 0.6) is 5.75 Å². The van der Waals surface area contributed by atoms with Crippen molar-refractivity contribution >= 4 is 34.7 Å². The number of aromatic nitrogens is 2. The molecule has 3 aromatic rings. The summed E-state index contributed by atoms with van der Waals surface area (Å²) >= 11 is 1.56. The zero-order valence-corrected chi connectivity index (χ0v) is 19.9. The van der Waals surface area contributed by atoms with Gasteiger partial charge in [0.15, 0.2) is 0 Å². The van der Waals surface area contributed by atoms with E-state index in [1.165, 1.54) is 0 Å². The summed E-state index contributed by atoms with van der Waals surface area (Å²) in [5, 5.41) is 9.07. The number of pyridine rings is 1. The van der Waals surface area contributed by atoms with E-state index in [2.05, 4.69) is 20.6 Å². The number of nitrogens with zero attached hydrogens (tertiary/aromatic N) is 3. The van der Waals surface area contributed by atoms with Gasteiger partial charge in [-0.25, -0.2) is 9.97 Å². The van der Waals surface area contributed by atoms with Crippen molar-refractivity contribution in [2.45, 2.75) is 32.1 Å². The molecule has 9 heteroatoms. The highest BCUT2D eigenvalue weighted by Gasteiger charge is 2.22. The van der Waals surface area contributed by atoms with E-state index in [1.807, 2.05) is 29.6 Å². The van der Waals surface area contributed by atoms with Gasteiger partial charge in [0.1, 0.15) is 11.6 Å². The first kappa shape index (κ1) is 23.7. The smallest absolute Gasteiger partial charge is 0.258 e. The van der Waals surface area contributed by atoms with Gasteiger partial charge in [-0.1, -0.05) is 25.0 Å². The summed E-state index contributed by atoms with van der Waals surface area (Å²) in [6.45, 7) is 1.62. The van der Waals surface area contributed by atoms with Gasteiger partial charge in [0.05, 0.1) is 29.4 Å². The second kappa shape index (κ2) is 12.1. The summed E-state index contributed by atoms with van der Waals surface area (Å²) < 4.78 is 5.97. The molecule has 0 atom stereocenters. The Morgan fingerprint density at radius 1 is 1.09 bits per heavy atom. The van der Waals surface area contributed by atoms with E-state index >= 15 is 0 Å². The molecule has 0 saturated carbocycles. The maximum atomic E-state index is 13.5. The Labute approximate surface area is 203 Å². The Morgan fingerprint density at radius 3 is 2.85 bits per heavy atom. The molecule has 0 bridgehead atoms. The average Bonchev–Trinajstić information content (AvgIpc) is 3.37. The number of carbonyl (C=O) groups excluding carboxylic acids is 2. The molecule has 0 radical (unpaired) electrons. The van der Waals surface area contributed by atoms with Crippen molar-refractivity contribution in [1.29, 1.82) is 0 Å². The van der Waals surface area contributed by atoms with E-state index in [9.17, 15) is 9.59 Å². The molecule has 2 amide bonds. The van der Waals surface area contributed by atoms with Crippen molar-refractivity contribution in [3.8, 4) is 5.75 Å². The number of hydrogen-bond donors (Lipinski definition) is 2. The largest absolute Gasteiger partial charge is 0.491 e. The zero-order chi connectivity index (χ0) is 23.6. The lowest BCUT2D eigenvalue weighted by atomic mass is 10.1. The molecule has 1 aliphatic heterocycles. The molecule has 3 heterocycles. The average molecular weight is 480 g/mol. The molecule has 0 saturated heterocycles. The van der Waals surface area contributed by atoms with Gasteiger partial charge in [0, 0.05) is 37.3 Å². The number of anilines is 2. The van der Waals surface area contributed by atoms with Gasteiger partial charge < -0.3 is 20.3 Å². The fraction of sp³-hybridized carbons (Fsp3) is 0.360. The van der Waals surface area contributed by atoms with E-state index in [0.717, 1.165) is 42.1 Å². The standard InChI is InChI=1S/C25H29N5O3S/c31-22(26-13-11-23-27-14-17-34-23)18-30-15-5-1-2-6-16-33-21-10-4-3-9-20(21)29-24-19(25(30)32)8-7-12-28-24/h3-4,7-10,12,14,17H,1-2,5-6,11,13,15-16,18H2,(H,26,31)(H,28,29). The highest BCUT2D eigenvalue weighted by molar-refractivity contribution is 7.09. The van der Waals surface area contributed by atoms with Crippen LogP contribution in [0.4, 0.5) is 11.5 Å². The summed E-state index contributed by atoms with van der Waals surface area (Å²) in [7, 11) is 0. The highest BCUT2D eigenvalue weighted by atomic mass is 32.1. The topological polar surface area (TPSA) is 96.5 Å². The van der Waals surface area contributed by atoms with Crippen molar-refractivity contribution in [2.75, 3.05) is 31.6 Å². The number of thiazole rings is 1. The quantitative estimate of drug-likeness (QED) is 0.574. The molecule has 0 fully saturated rings. The SMILES string of the molecule is O=C(CN1CCCCCCOc2ccccc2Nc2ncccc2C1=O)NCCc1nccs1. The lowest BCUT2D eigenvalue weighted by Crippen LogP contribution is -2.42. The molecule has 0 spiro atoms. The second-order valence-corrected chi connectivity index (χ2v) is 9.02. The summed E-state index contributed by atoms with van der Waals surface area (Å²) in [4.78, 5) is 36.5. The first-order chi connectivity index (χ1) is 16.7. The van der Waals surface area contributed by atoms with Gasteiger partial charge >= 0.3 is 0 Å². The maximum absolute atomic E-state index is 13.5. The number of fused-ring (bicyclic) bond motifs is 2. The van der Waals surface area contributed by atoms with E-state index < -0.39 is 0 Å². The molecule has 4 rings (SSSR count). The fourth-order valence-electron chi connectivity index (χ4n) is 3.78. The van der Waals surface area contributed by atoms with Gasteiger partial charge in [0.25, 0.3) is 5.91 Å². The van der Waals surface area contributed by atoms with Crippen molar-refractivity contribution in [1.82, 2.24) is 20.2 Å². The van der Waals surface area contributed by atoms with E-state index in [4.69, 9.17) is 4.74 Å². The predicted molar refractivity (Wildman–Crippen MR) is 133 cm³/mol. The maximum Gasteiger partial charge on any atom is 0.258 e. The molecular weight excluding hydrogens is 450 g/mol. The normalized spacial score (nSPS) is 14.7. The molecule has 1 aromatic carbocycles. The molecule has 0 aliphatic carbocycles. The molecular formula is C25H29N5O3S. The summed E-state index contributed by atoms with van der Waals surface area (Å²) in [6, 6.07) is 11.1. The van der Waals surface area contributed by atoms with Crippen LogP contribution < -0.4 is 15.4 Å². The Morgan fingerprint density at radius 2 is 1.97 bits per heavy atom. The van der Waals surface area contributed by atoms with Crippen molar-refractivity contribution in [3.63, 3.8) is 0 Å². The van der Waals surface area contributed by atoms with E-state index in [0.29, 0.717) is 37.5 Å². The Bertz CT molecular complexity index is 1090. The zero-order valence-electron chi connectivity index (χ0n) is 19.0. The highest BCUT2D eigenvalue weighted by Crippen LogP contribution is 2.29. The lowest BCUT2D eigenvalue weighted by Gasteiger charge is -2.24. The number of rotatable bonds is 5. The van der Waals surface area contributed by atoms with Crippen LogP contribution in [-0.4, -0.2) is 52.9 Å². The number of hydrogen-bond acceptors (Lipinski definition) is 7. The van der Waals surface area contributed by atoms with Crippen molar-refractivity contribution < 1.29 is 14.3 Å². The molecule has 34 heavy (non-hydrogen) atoms. The van der Waals surface area contributed by atoms with Gasteiger partial charge in [-0.15, -0.1) is 11.3 Å². The first-order valence-electron chi connectivity index (χ1n) is 11.6. The minimum atomic E-state index is -0.221. The van der Waals surface area contributed by atoms with Gasteiger partial charge in [-0.3, -0.25) is 9.59 Å². The van der Waals surface area contributed by atoms with Gasteiger partial charge in [0.2, 0.25) is 5.91 Å². The summed E-state index contributed by atoms with van der Waals surface area (Å²) in [5.41, 5.74) is 1.17. The van der Waals surface area contributed by atoms with Crippen LogP contribution in [-0.2, 0) is 11.2 Å². The van der Waals surface area contributed by atoms with E-state index in [1.54, 1.807) is 40.8 Å². The number of benzene rings is 1. The Balaban J connectivity index is 1.50. The number of ether oxygens (including phenoxy) is 1. The minimum Gasteiger partial charge on any atom is -0.491 e. The van der Waals surface area contributed by atoms with Crippen LogP contribution in [0, 0.1) is 0 Å². The summed E-state index contributed by atoms with van der Waals surface area (Å²) in [5.74, 6) is 0.763. The number of carbonyl (C=O) groups is 2. The number of para-hydroxylation sites is 2. The Hall–Kier alpha value is -3.46. The second-order valence-electron chi connectivity index (χ2n) is 8.04. The van der Waals surface area contributed by atoms with Gasteiger partial charge in [-0.2, -0.15) is 0 Å². The minimum absolute atomic E-state index is 0.00470. The van der Waals surface area contributed by atoms with Crippen molar-refractivity contribution in [3.05, 3.63) is 64.7 Å². The van der Waals surface area contributed by atoms with Crippen LogP contribution in [0.15, 0.2) is 54.2 Å². The van der Waals surface area contributed by atoms with Crippen LogP contribution in [0.1, 0.15) is 41.0 Å². The number of amides is 2. The fourth-order valence-corrected chi connectivity index (χ4v) is 4.40. The van der Waals surface area contributed by atoms with Crippen LogP contribution >= 0.6 is 11.3 Å². The molecule has 8 nitrogen and oxygen atoms in total. The molecule has 178 valence electrons. The number of nitrogens with one attached hydrogen (secondary N) is 2. The molecule has 0 unspecified atom stereocenters. The van der Waals surface area contributed by atoms with Gasteiger partial charge in [-0.05, 0) is 37.1 Å². The molecule has 1 aliphatic rings. The van der Waals surface area contributed by atoms with Crippen LogP contribution in [0.3, 0.4) is 0 Å². The van der Waals surface area contributed by atoms with Crippen LogP contribution in [0.2, 0.25) is 0 Å². The third-order valence-electron chi connectivity index (χ3n) is 5.52.